The molecule has 0 aromatic heterocycles. The summed E-state index contributed by atoms with van der Waals surface area (Å²) in [4.78, 5) is 10.7. The lowest BCUT2D eigenvalue weighted by molar-refractivity contribution is -0.115. The Hall–Kier alpha value is -1.51. The predicted molar refractivity (Wildman–Crippen MR) is 56.8 cm³/mol. The number of carbonyl (C=O) groups excluding carboxylic acids is 1. The minimum Gasteiger partial charge on any atom is -0.494 e. The van der Waals surface area contributed by atoms with E-state index in [1.807, 2.05) is 31.2 Å². The van der Waals surface area contributed by atoms with E-state index in [-0.39, 0.29) is 5.78 Å². The zero-order valence-corrected chi connectivity index (χ0v) is 8.54. The quantitative estimate of drug-likeness (QED) is 0.778. The molecular formula is C11H15NO2. The largest absolute Gasteiger partial charge is 0.494 e. The zero-order valence-electron chi connectivity index (χ0n) is 8.54. The summed E-state index contributed by atoms with van der Waals surface area (Å²) in [6, 6.07) is 7.56. The second-order valence-corrected chi connectivity index (χ2v) is 3.01. The van der Waals surface area contributed by atoms with Gasteiger partial charge in [-0.2, -0.15) is 0 Å². The summed E-state index contributed by atoms with van der Waals surface area (Å²) in [5.74, 6) is 0.972. The van der Waals surface area contributed by atoms with E-state index < -0.39 is 0 Å². The van der Waals surface area contributed by atoms with Gasteiger partial charge in [-0.05, 0) is 38.1 Å². The van der Waals surface area contributed by atoms with Crippen molar-refractivity contribution in [3.63, 3.8) is 0 Å². The lowest BCUT2D eigenvalue weighted by Crippen LogP contribution is -2.09. The third-order valence-electron chi connectivity index (χ3n) is 1.71. The monoisotopic (exact) mass is 193 g/mol. The summed E-state index contributed by atoms with van der Waals surface area (Å²) in [5.41, 5.74) is 0.934. The van der Waals surface area contributed by atoms with E-state index in [4.69, 9.17) is 4.74 Å². The molecule has 0 aliphatic rings. The van der Waals surface area contributed by atoms with E-state index in [9.17, 15) is 4.79 Å². The number of hydrogen-bond donors (Lipinski definition) is 1. The van der Waals surface area contributed by atoms with Crippen LogP contribution in [-0.2, 0) is 4.79 Å². The second kappa shape index (κ2) is 5.27. The highest BCUT2D eigenvalue weighted by Gasteiger charge is 1.95. The van der Waals surface area contributed by atoms with Crippen LogP contribution in [0.15, 0.2) is 24.3 Å². The lowest BCUT2D eigenvalue weighted by Gasteiger charge is -2.06. The highest BCUT2D eigenvalue weighted by atomic mass is 16.5. The Morgan fingerprint density at radius 1 is 1.36 bits per heavy atom. The van der Waals surface area contributed by atoms with Gasteiger partial charge >= 0.3 is 0 Å². The van der Waals surface area contributed by atoms with E-state index in [0.29, 0.717) is 13.2 Å². The number of ether oxygens (including phenoxy) is 1. The molecule has 3 heteroatoms. The van der Waals surface area contributed by atoms with Gasteiger partial charge in [0.25, 0.3) is 0 Å². The fourth-order valence-electron chi connectivity index (χ4n) is 1.06. The van der Waals surface area contributed by atoms with Gasteiger partial charge in [0, 0.05) is 5.69 Å². The Kier molecular flexibility index (Phi) is 3.98. The molecule has 0 unspecified atom stereocenters. The topological polar surface area (TPSA) is 38.3 Å². The minimum absolute atomic E-state index is 0.124. The molecule has 0 spiro atoms. The molecule has 0 heterocycles. The molecule has 0 aliphatic carbocycles. The van der Waals surface area contributed by atoms with Crippen molar-refractivity contribution in [2.75, 3.05) is 18.5 Å². The summed E-state index contributed by atoms with van der Waals surface area (Å²) in [5, 5.41) is 3.01. The molecular weight excluding hydrogens is 178 g/mol. The van der Waals surface area contributed by atoms with Gasteiger partial charge in [0.1, 0.15) is 11.5 Å². The van der Waals surface area contributed by atoms with Crippen molar-refractivity contribution in [2.45, 2.75) is 13.8 Å². The van der Waals surface area contributed by atoms with Gasteiger partial charge in [-0.3, -0.25) is 4.79 Å². The van der Waals surface area contributed by atoms with Crippen LogP contribution < -0.4 is 10.1 Å². The normalized spacial score (nSPS) is 9.57. The molecule has 0 saturated carbocycles. The Morgan fingerprint density at radius 3 is 2.50 bits per heavy atom. The van der Waals surface area contributed by atoms with Crippen LogP contribution in [0.3, 0.4) is 0 Å². The highest BCUT2D eigenvalue weighted by Crippen LogP contribution is 2.15. The Morgan fingerprint density at radius 2 is 2.00 bits per heavy atom. The summed E-state index contributed by atoms with van der Waals surface area (Å²) in [6.45, 7) is 4.54. The first kappa shape index (κ1) is 10.6. The zero-order chi connectivity index (χ0) is 10.4. The van der Waals surface area contributed by atoms with Crippen molar-refractivity contribution < 1.29 is 9.53 Å². The number of benzene rings is 1. The van der Waals surface area contributed by atoms with Crippen LogP contribution in [0.1, 0.15) is 13.8 Å². The third kappa shape index (κ3) is 3.47. The van der Waals surface area contributed by atoms with Gasteiger partial charge < -0.3 is 10.1 Å². The molecule has 3 nitrogen and oxygen atoms in total. The van der Waals surface area contributed by atoms with Gasteiger partial charge in [0.15, 0.2) is 0 Å². The molecule has 1 rings (SSSR count). The predicted octanol–water partition coefficient (Wildman–Crippen LogP) is 2.09. The van der Waals surface area contributed by atoms with Crippen LogP contribution in [0.5, 0.6) is 5.75 Å². The summed E-state index contributed by atoms with van der Waals surface area (Å²) in [6.07, 6.45) is 0. The number of rotatable bonds is 5. The molecule has 0 saturated heterocycles. The summed E-state index contributed by atoms with van der Waals surface area (Å²) >= 11 is 0. The maximum absolute atomic E-state index is 10.7. The maximum Gasteiger partial charge on any atom is 0.148 e. The van der Waals surface area contributed by atoms with Crippen molar-refractivity contribution in [1.82, 2.24) is 0 Å². The van der Waals surface area contributed by atoms with Crippen molar-refractivity contribution in [3.05, 3.63) is 24.3 Å². The Labute approximate surface area is 84.1 Å². The van der Waals surface area contributed by atoms with Gasteiger partial charge in [-0.15, -0.1) is 0 Å². The van der Waals surface area contributed by atoms with Crippen LogP contribution in [0.2, 0.25) is 0 Å². The highest BCUT2D eigenvalue weighted by molar-refractivity contribution is 5.80. The average Bonchev–Trinajstić information content (AvgIpc) is 2.17. The first-order valence-corrected chi connectivity index (χ1v) is 4.68. The molecule has 0 amide bonds. The Bertz CT molecular complexity index is 293. The molecule has 1 aromatic carbocycles. The van der Waals surface area contributed by atoms with E-state index in [1.165, 1.54) is 0 Å². The van der Waals surface area contributed by atoms with Crippen LogP contribution in [0, 0.1) is 0 Å². The third-order valence-corrected chi connectivity index (χ3v) is 1.71. The molecule has 0 radical (unpaired) electrons. The Balaban J connectivity index is 2.50. The fourth-order valence-corrected chi connectivity index (χ4v) is 1.06. The molecule has 14 heavy (non-hydrogen) atoms. The smallest absolute Gasteiger partial charge is 0.148 e. The number of nitrogens with one attached hydrogen (secondary N) is 1. The molecule has 1 aromatic rings. The van der Waals surface area contributed by atoms with E-state index >= 15 is 0 Å². The standard InChI is InChI=1S/C11H15NO2/c1-3-14-11-6-4-10(5-7-11)12-8-9(2)13/h4-7,12H,3,8H2,1-2H3. The van der Waals surface area contributed by atoms with Gasteiger partial charge in [-0.25, -0.2) is 0 Å². The number of carbonyl (C=O) groups is 1. The molecule has 0 fully saturated rings. The summed E-state index contributed by atoms with van der Waals surface area (Å²) < 4.78 is 5.29. The first-order chi connectivity index (χ1) is 6.72. The first-order valence-electron chi connectivity index (χ1n) is 4.68. The second-order valence-electron chi connectivity index (χ2n) is 3.01. The minimum atomic E-state index is 0.124. The van der Waals surface area contributed by atoms with Crippen LogP contribution in [0.4, 0.5) is 5.69 Å². The van der Waals surface area contributed by atoms with Gasteiger partial charge in [0.2, 0.25) is 0 Å². The van der Waals surface area contributed by atoms with Crippen molar-refractivity contribution in [2.24, 2.45) is 0 Å². The fraction of sp³-hybridized carbons (Fsp3) is 0.364. The van der Waals surface area contributed by atoms with Crippen LogP contribution in [-0.4, -0.2) is 18.9 Å². The number of ketones is 1. The number of hydrogen-bond acceptors (Lipinski definition) is 3. The number of anilines is 1. The van der Waals surface area contributed by atoms with E-state index in [0.717, 1.165) is 11.4 Å². The van der Waals surface area contributed by atoms with E-state index in [2.05, 4.69) is 5.32 Å². The molecule has 76 valence electrons. The molecule has 0 aliphatic heterocycles. The van der Waals surface area contributed by atoms with Crippen molar-refractivity contribution in [1.29, 1.82) is 0 Å². The van der Waals surface area contributed by atoms with Crippen molar-refractivity contribution in [3.8, 4) is 5.75 Å². The number of Topliss-reactive ketones (excluding diaryl/α,β-unsaturated/α-hetero) is 1. The SMILES string of the molecule is CCOc1ccc(NCC(C)=O)cc1. The summed E-state index contributed by atoms with van der Waals surface area (Å²) in [7, 11) is 0. The van der Waals surface area contributed by atoms with Crippen LogP contribution in [0.25, 0.3) is 0 Å². The molecule has 0 atom stereocenters. The van der Waals surface area contributed by atoms with Gasteiger partial charge in [0.05, 0.1) is 13.2 Å². The molecule has 1 N–H and O–H groups in total. The maximum atomic E-state index is 10.7. The van der Waals surface area contributed by atoms with E-state index in [1.54, 1.807) is 6.92 Å². The van der Waals surface area contributed by atoms with Crippen molar-refractivity contribution >= 4 is 11.5 Å². The van der Waals surface area contributed by atoms with Crippen LogP contribution >= 0.6 is 0 Å². The molecule has 0 bridgehead atoms. The van der Waals surface area contributed by atoms with Gasteiger partial charge in [-0.1, -0.05) is 0 Å². The average molecular weight is 193 g/mol. The lowest BCUT2D eigenvalue weighted by atomic mass is 10.3.